The van der Waals surface area contributed by atoms with Gasteiger partial charge in [-0.25, -0.2) is 4.79 Å². The summed E-state index contributed by atoms with van der Waals surface area (Å²) in [4.78, 5) is 25.1. The molecule has 1 aromatic heterocycles. The Bertz CT molecular complexity index is 964. The summed E-state index contributed by atoms with van der Waals surface area (Å²) in [7, 11) is 0. The van der Waals surface area contributed by atoms with Crippen molar-refractivity contribution in [1.82, 2.24) is 5.32 Å². The maximum absolute atomic E-state index is 12.5. The molecule has 0 saturated heterocycles. The average Bonchev–Trinajstić information content (AvgIpc) is 3.17. The highest BCUT2D eigenvalue weighted by Gasteiger charge is 2.18. The summed E-state index contributed by atoms with van der Waals surface area (Å²) in [6.07, 6.45) is 0. The summed E-state index contributed by atoms with van der Waals surface area (Å²) in [5, 5.41) is 5.29. The van der Waals surface area contributed by atoms with Gasteiger partial charge in [-0.1, -0.05) is 53.6 Å². The van der Waals surface area contributed by atoms with Gasteiger partial charge in [-0.3, -0.25) is 4.79 Å². The Hall–Kier alpha value is -2.63. The first-order valence-electron chi connectivity index (χ1n) is 8.80. The summed E-state index contributed by atoms with van der Waals surface area (Å²) >= 11 is 7.18. The van der Waals surface area contributed by atoms with E-state index in [-0.39, 0.29) is 18.6 Å². The number of aryl methyl sites for hydroxylation is 1. The van der Waals surface area contributed by atoms with Crippen molar-refractivity contribution in [3.05, 3.63) is 81.0 Å². The van der Waals surface area contributed by atoms with Gasteiger partial charge in [0.25, 0.3) is 5.91 Å². The number of rotatable bonds is 6. The highest BCUT2D eigenvalue weighted by atomic mass is 35.5. The molecule has 0 saturated carbocycles. The zero-order chi connectivity index (χ0) is 20.1. The van der Waals surface area contributed by atoms with Crippen LogP contribution in [-0.2, 0) is 9.53 Å². The van der Waals surface area contributed by atoms with Crippen LogP contribution in [0, 0.1) is 6.92 Å². The normalized spacial score (nSPS) is 11.7. The number of thiophene rings is 1. The van der Waals surface area contributed by atoms with Gasteiger partial charge in [0.2, 0.25) is 0 Å². The molecule has 0 bridgehead atoms. The smallest absolute Gasteiger partial charge is 0.349 e. The predicted octanol–water partition coefficient (Wildman–Crippen LogP) is 5.41. The molecule has 4 nitrogen and oxygen atoms in total. The highest BCUT2D eigenvalue weighted by Crippen LogP contribution is 2.29. The van der Waals surface area contributed by atoms with Gasteiger partial charge in [-0.05, 0) is 48.6 Å². The van der Waals surface area contributed by atoms with Crippen LogP contribution in [0.25, 0.3) is 11.1 Å². The molecule has 0 radical (unpaired) electrons. The van der Waals surface area contributed by atoms with Crippen molar-refractivity contribution in [2.24, 2.45) is 0 Å². The first-order valence-corrected chi connectivity index (χ1v) is 10.1. The fourth-order valence-electron chi connectivity index (χ4n) is 2.74. The molecular formula is C22H20ClNO3S. The van der Waals surface area contributed by atoms with E-state index >= 15 is 0 Å². The fraction of sp³-hybridized carbons (Fsp3) is 0.182. The van der Waals surface area contributed by atoms with Crippen LogP contribution in [0.4, 0.5) is 0 Å². The average molecular weight is 414 g/mol. The Morgan fingerprint density at radius 1 is 1.07 bits per heavy atom. The number of amides is 1. The van der Waals surface area contributed by atoms with Crippen LogP contribution >= 0.6 is 22.9 Å². The monoisotopic (exact) mass is 413 g/mol. The van der Waals surface area contributed by atoms with E-state index in [0.29, 0.717) is 9.90 Å². The second kappa shape index (κ2) is 9.04. The second-order valence-electron chi connectivity index (χ2n) is 6.45. The van der Waals surface area contributed by atoms with Crippen LogP contribution in [0.2, 0.25) is 5.02 Å². The first kappa shape index (κ1) is 20.1. The SMILES string of the molecule is Cc1ccc(-c2ccsc2C(=O)OCC(=O)N[C@@H](C)c2ccc(Cl)cc2)cc1. The molecule has 144 valence electrons. The van der Waals surface area contributed by atoms with Gasteiger partial charge in [0, 0.05) is 10.6 Å². The molecule has 0 aliphatic rings. The molecule has 0 aliphatic heterocycles. The Balaban J connectivity index is 1.58. The van der Waals surface area contributed by atoms with E-state index in [0.717, 1.165) is 22.3 Å². The number of halogens is 1. The van der Waals surface area contributed by atoms with Crippen molar-refractivity contribution in [1.29, 1.82) is 0 Å². The van der Waals surface area contributed by atoms with Gasteiger partial charge in [0.15, 0.2) is 6.61 Å². The minimum Gasteiger partial charge on any atom is -0.451 e. The fourth-order valence-corrected chi connectivity index (χ4v) is 3.68. The minimum absolute atomic E-state index is 0.215. The third kappa shape index (κ3) is 5.00. The first-order chi connectivity index (χ1) is 13.4. The molecule has 1 heterocycles. The third-order valence-corrected chi connectivity index (χ3v) is 5.44. The molecule has 0 spiro atoms. The molecular weight excluding hydrogens is 394 g/mol. The van der Waals surface area contributed by atoms with E-state index in [4.69, 9.17) is 16.3 Å². The number of ether oxygens (including phenoxy) is 1. The lowest BCUT2D eigenvalue weighted by Gasteiger charge is -2.14. The topological polar surface area (TPSA) is 55.4 Å². The van der Waals surface area contributed by atoms with Crippen molar-refractivity contribution in [2.45, 2.75) is 19.9 Å². The van der Waals surface area contributed by atoms with Crippen molar-refractivity contribution >= 4 is 34.8 Å². The largest absolute Gasteiger partial charge is 0.451 e. The predicted molar refractivity (Wildman–Crippen MR) is 113 cm³/mol. The number of esters is 1. The van der Waals surface area contributed by atoms with Crippen LogP contribution in [0.3, 0.4) is 0 Å². The van der Waals surface area contributed by atoms with Crippen LogP contribution in [0.15, 0.2) is 60.0 Å². The van der Waals surface area contributed by atoms with Gasteiger partial charge in [0.1, 0.15) is 4.88 Å². The number of benzene rings is 2. The number of hydrogen-bond acceptors (Lipinski definition) is 4. The molecule has 1 amide bonds. The van der Waals surface area contributed by atoms with Crippen LogP contribution < -0.4 is 5.32 Å². The second-order valence-corrected chi connectivity index (χ2v) is 7.80. The molecule has 28 heavy (non-hydrogen) atoms. The summed E-state index contributed by atoms with van der Waals surface area (Å²) in [6, 6.07) is 16.8. The Morgan fingerprint density at radius 3 is 2.43 bits per heavy atom. The zero-order valence-corrected chi connectivity index (χ0v) is 17.1. The Labute approximate surface area is 173 Å². The van der Waals surface area contributed by atoms with E-state index in [2.05, 4.69) is 5.32 Å². The highest BCUT2D eigenvalue weighted by molar-refractivity contribution is 7.12. The molecule has 1 N–H and O–H groups in total. The zero-order valence-electron chi connectivity index (χ0n) is 15.6. The van der Waals surface area contributed by atoms with E-state index < -0.39 is 5.97 Å². The van der Waals surface area contributed by atoms with Crippen molar-refractivity contribution in [3.63, 3.8) is 0 Å². The van der Waals surface area contributed by atoms with E-state index in [1.165, 1.54) is 11.3 Å². The summed E-state index contributed by atoms with van der Waals surface area (Å²) in [6.45, 7) is 3.54. The molecule has 6 heteroatoms. The lowest BCUT2D eigenvalue weighted by Crippen LogP contribution is -2.31. The Kier molecular flexibility index (Phi) is 6.49. The van der Waals surface area contributed by atoms with Crippen LogP contribution in [0.1, 0.15) is 33.8 Å². The molecule has 3 aromatic rings. The molecule has 0 aliphatic carbocycles. The van der Waals surface area contributed by atoms with Gasteiger partial charge in [-0.2, -0.15) is 0 Å². The van der Waals surface area contributed by atoms with Gasteiger partial charge >= 0.3 is 5.97 Å². The van der Waals surface area contributed by atoms with E-state index in [1.807, 2.05) is 61.7 Å². The number of carbonyl (C=O) groups excluding carboxylic acids is 2. The van der Waals surface area contributed by atoms with Crippen molar-refractivity contribution < 1.29 is 14.3 Å². The van der Waals surface area contributed by atoms with Crippen LogP contribution in [0.5, 0.6) is 0 Å². The van der Waals surface area contributed by atoms with Gasteiger partial charge < -0.3 is 10.1 Å². The molecule has 3 rings (SSSR count). The number of nitrogens with one attached hydrogen (secondary N) is 1. The minimum atomic E-state index is -0.500. The quantitative estimate of drug-likeness (QED) is 0.549. The standard InChI is InChI=1S/C22H20ClNO3S/c1-14-3-5-17(6-4-14)19-11-12-28-21(19)22(26)27-13-20(25)24-15(2)16-7-9-18(23)10-8-16/h3-12,15H,13H2,1-2H3,(H,24,25)/t15-/m0/s1. The lowest BCUT2D eigenvalue weighted by molar-refractivity contribution is -0.124. The number of carbonyl (C=O) groups is 2. The van der Waals surface area contributed by atoms with Gasteiger partial charge in [-0.15, -0.1) is 11.3 Å². The molecule has 0 fully saturated rings. The summed E-state index contributed by atoms with van der Waals surface area (Å²) < 4.78 is 5.23. The summed E-state index contributed by atoms with van der Waals surface area (Å²) in [5.74, 6) is -0.857. The van der Waals surface area contributed by atoms with Crippen molar-refractivity contribution in [3.8, 4) is 11.1 Å². The van der Waals surface area contributed by atoms with Gasteiger partial charge in [0.05, 0.1) is 6.04 Å². The lowest BCUT2D eigenvalue weighted by atomic mass is 10.1. The van der Waals surface area contributed by atoms with Crippen LogP contribution in [-0.4, -0.2) is 18.5 Å². The maximum atomic E-state index is 12.5. The molecule has 0 unspecified atom stereocenters. The third-order valence-electron chi connectivity index (χ3n) is 4.30. The van der Waals surface area contributed by atoms with E-state index in [9.17, 15) is 9.59 Å². The number of hydrogen-bond donors (Lipinski definition) is 1. The molecule has 2 aromatic carbocycles. The molecule has 1 atom stereocenters. The maximum Gasteiger partial charge on any atom is 0.349 e. The summed E-state index contributed by atoms with van der Waals surface area (Å²) in [5.41, 5.74) is 3.82. The van der Waals surface area contributed by atoms with Crippen molar-refractivity contribution in [2.75, 3.05) is 6.61 Å². The Morgan fingerprint density at radius 2 is 1.75 bits per heavy atom. The van der Waals surface area contributed by atoms with E-state index in [1.54, 1.807) is 12.1 Å².